The average molecular weight is 359 g/mol. The van der Waals surface area contributed by atoms with Crippen LogP contribution in [0.2, 0.25) is 0 Å². The Morgan fingerprint density at radius 1 is 1.27 bits per heavy atom. The van der Waals surface area contributed by atoms with Crippen LogP contribution >= 0.6 is 0 Å². The molecule has 7 nitrogen and oxygen atoms in total. The molecule has 0 aromatic carbocycles. The number of rotatable bonds is 4. The monoisotopic (exact) mass is 359 g/mol. The molecule has 4 rings (SSSR count). The molecule has 1 saturated carbocycles. The van der Waals surface area contributed by atoms with Crippen molar-refractivity contribution >= 4 is 11.9 Å². The van der Waals surface area contributed by atoms with Gasteiger partial charge in [0.25, 0.3) is 0 Å². The lowest BCUT2D eigenvalue weighted by Crippen LogP contribution is -2.61. The number of carbonyl (C=O) groups is 1. The highest BCUT2D eigenvalue weighted by Gasteiger charge is 2.43. The lowest BCUT2D eigenvalue weighted by Gasteiger charge is -2.49. The minimum atomic E-state index is 0.0125. The first kappa shape index (κ1) is 17.5. The normalized spacial score (nSPS) is 27.7. The van der Waals surface area contributed by atoms with Crippen LogP contribution in [-0.2, 0) is 4.79 Å². The fourth-order valence-electron chi connectivity index (χ4n) is 4.27. The van der Waals surface area contributed by atoms with E-state index in [4.69, 9.17) is 4.74 Å². The molecule has 1 amide bonds. The van der Waals surface area contributed by atoms with Gasteiger partial charge in [0.1, 0.15) is 0 Å². The van der Waals surface area contributed by atoms with E-state index < -0.39 is 0 Å². The minimum Gasteiger partial charge on any atom is -0.481 e. The Bertz CT molecular complexity index is 665. The number of hydrogen-bond donors (Lipinski definition) is 0. The number of likely N-dealkylation sites (tertiary alicyclic amines) is 1. The van der Waals surface area contributed by atoms with Crippen molar-refractivity contribution in [1.82, 2.24) is 19.8 Å². The van der Waals surface area contributed by atoms with Crippen molar-refractivity contribution in [2.75, 3.05) is 51.8 Å². The number of ether oxygens (including phenoxy) is 1. The van der Waals surface area contributed by atoms with Crippen LogP contribution in [0, 0.1) is 5.92 Å². The molecule has 3 fully saturated rings. The van der Waals surface area contributed by atoms with Gasteiger partial charge in [0.15, 0.2) is 0 Å². The summed E-state index contributed by atoms with van der Waals surface area (Å²) in [6, 6.07) is 1.77. The Morgan fingerprint density at radius 2 is 2.12 bits per heavy atom. The first-order chi connectivity index (χ1) is 12.6. The van der Waals surface area contributed by atoms with Gasteiger partial charge in [0.2, 0.25) is 17.7 Å². The first-order valence-electron chi connectivity index (χ1n) is 9.71. The number of anilines is 1. The first-order valence-corrected chi connectivity index (χ1v) is 9.71. The number of piperazine rings is 1. The number of methoxy groups -OCH3 is 1. The van der Waals surface area contributed by atoms with E-state index in [-0.39, 0.29) is 5.54 Å². The molecule has 3 aliphatic rings. The summed E-state index contributed by atoms with van der Waals surface area (Å²) in [6.07, 6.45) is 6.89. The third kappa shape index (κ3) is 3.49. The van der Waals surface area contributed by atoms with E-state index in [9.17, 15) is 4.79 Å². The van der Waals surface area contributed by atoms with E-state index >= 15 is 0 Å². The van der Waals surface area contributed by atoms with Gasteiger partial charge in [0, 0.05) is 56.9 Å². The topological polar surface area (TPSA) is 61.8 Å². The van der Waals surface area contributed by atoms with E-state index in [2.05, 4.69) is 31.7 Å². The summed E-state index contributed by atoms with van der Waals surface area (Å²) in [7, 11) is 3.83. The number of likely N-dealkylation sites (N-methyl/N-ethyl adjacent to an activating group) is 1. The van der Waals surface area contributed by atoms with Crippen LogP contribution in [0.4, 0.5) is 5.95 Å². The molecule has 1 aromatic heterocycles. The molecular formula is C19H29N5O2. The summed E-state index contributed by atoms with van der Waals surface area (Å²) in [6.45, 7) is 4.54. The zero-order chi connectivity index (χ0) is 18.1. The van der Waals surface area contributed by atoms with Gasteiger partial charge in [-0.15, -0.1) is 0 Å². The molecule has 2 saturated heterocycles. The predicted molar refractivity (Wildman–Crippen MR) is 99.3 cm³/mol. The van der Waals surface area contributed by atoms with Gasteiger partial charge in [-0.25, -0.2) is 4.98 Å². The fraction of sp³-hybridized carbons (Fsp3) is 0.737. The number of amides is 1. The van der Waals surface area contributed by atoms with Crippen LogP contribution in [0.15, 0.2) is 12.3 Å². The molecule has 1 aromatic rings. The van der Waals surface area contributed by atoms with Crippen LogP contribution in [0.3, 0.4) is 0 Å². The summed E-state index contributed by atoms with van der Waals surface area (Å²) >= 11 is 0. The quantitative estimate of drug-likeness (QED) is 0.810. The molecule has 0 radical (unpaired) electrons. The molecular weight excluding hydrogens is 330 g/mol. The van der Waals surface area contributed by atoms with Gasteiger partial charge in [0.05, 0.1) is 7.11 Å². The fourth-order valence-corrected chi connectivity index (χ4v) is 4.27. The Hall–Kier alpha value is -1.89. The second-order valence-corrected chi connectivity index (χ2v) is 8.00. The van der Waals surface area contributed by atoms with Crippen molar-refractivity contribution in [3.8, 4) is 5.88 Å². The van der Waals surface area contributed by atoms with Gasteiger partial charge in [-0.2, -0.15) is 4.98 Å². The molecule has 3 heterocycles. The molecule has 26 heavy (non-hydrogen) atoms. The van der Waals surface area contributed by atoms with Gasteiger partial charge < -0.3 is 14.5 Å². The number of carbonyl (C=O) groups excluding carboxylic acids is 1. The smallest absolute Gasteiger partial charge is 0.228 e. The molecule has 1 spiro atoms. The maximum atomic E-state index is 12.6. The Kier molecular flexibility index (Phi) is 4.73. The predicted octanol–water partition coefficient (Wildman–Crippen LogP) is 1.40. The van der Waals surface area contributed by atoms with Crippen LogP contribution in [-0.4, -0.2) is 78.1 Å². The highest BCUT2D eigenvalue weighted by atomic mass is 16.5. The molecule has 1 atom stereocenters. The summed E-state index contributed by atoms with van der Waals surface area (Å²) in [5, 5.41) is 0. The summed E-state index contributed by atoms with van der Waals surface area (Å²) in [4.78, 5) is 28.4. The maximum absolute atomic E-state index is 12.6. The van der Waals surface area contributed by atoms with Crippen LogP contribution in [0.5, 0.6) is 5.88 Å². The van der Waals surface area contributed by atoms with Gasteiger partial charge in [-0.1, -0.05) is 0 Å². The third-order valence-electron chi connectivity index (χ3n) is 6.29. The van der Waals surface area contributed by atoms with E-state index in [0.717, 1.165) is 57.4 Å². The lowest BCUT2D eigenvalue weighted by atomic mass is 9.86. The standard InChI is InChI=1S/C19H29N5O2/c1-22-11-12-24(18-20-9-6-16(21-18)26-2)14-19(22)7-5-17(25)23(10-8-19)13-15-3-4-15/h6,9,15H,3-5,7-8,10-14H2,1-2H3. The highest BCUT2D eigenvalue weighted by Crippen LogP contribution is 2.35. The highest BCUT2D eigenvalue weighted by molar-refractivity contribution is 5.76. The Morgan fingerprint density at radius 3 is 2.88 bits per heavy atom. The molecule has 1 unspecified atom stereocenters. The second-order valence-electron chi connectivity index (χ2n) is 8.00. The number of nitrogens with zero attached hydrogens (tertiary/aromatic N) is 5. The van der Waals surface area contributed by atoms with Gasteiger partial charge >= 0.3 is 0 Å². The molecule has 0 bridgehead atoms. The zero-order valence-corrected chi connectivity index (χ0v) is 15.9. The number of aromatic nitrogens is 2. The van der Waals surface area contributed by atoms with E-state index in [1.165, 1.54) is 12.8 Å². The second kappa shape index (κ2) is 7.02. The van der Waals surface area contributed by atoms with Crippen molar-refractivity contribution in [1.29, 1.82) is 0 Å². The van der Waals surface area contributed by atoms with Crippen molar-refractivity contribution in [2.24, 2.45) is 5.92 Å². The van der Waals surface area contributed by atoms with Gasteiger partial charge in [-0.05, 0) is 38.6 Å². The van der Waals surface area contributed by atoms with E-state index in [0.29, 0.717) is 18.2 Å². The van der Waals surface area contributed by atoms with Crippen molar-refractivity contribution in [3.63, 3.8) is 0 Å². The zero-order valence-electron chi connectivity index (χ0n) is 15.9. The van der Waals surface area contributed by atoms with Crippen molar-refractivity contribution < 1.29 is 9.53 Å². The molecule has 142 valence electrons. The maximum Gasteiger partial charge on any atom is 0.228 e. The van der Waals surface area contributed by atoms with Crippen LogP contribution in [0.1, 0.15) is 32.1 Å². The summed E-state index contributed by atoms with van der Waals surface area (Å²) in [5.41, 5.74) is 0.0125. The molecule has 2 aliphatic heterocycles. The summed E-state index contributed by atoms with van der Waals surface area (Å²) < 4.78 is 5.26. The molecule has 7 heteroatoms. The minimum absolute atomic E-state index is 0.0125. The average Bonchev–Trinajstić information content (AvgIpc) is 3.50. The number of hydrogen-bond acceptors (Lipinski definition) is 6. The van der Waals surface area contributed by atoms with E-state index in [1.54, 1.807) is 19.4 Å². The SMILES string of the molecule is COc1ccnc(N2CCN(C)C3(CCC(=O)N(CC4CC4)CC3)C2)n1. The van der Waals surface area contributed by atoms with Crippen molar-refractivity contribution in [3.05, 3.63) is 12.3 Å². The largest absolute Gasteiger partial charge is 0.481 e. The lowest BCUT2D eigenvalue weighted by molar-refractivity contribution is -0.130. The van der Waals surface area contributed by atoms with Gasteiger partial charge in [-0.3, -0.25) is 9.69 Å². The Labute approximate surface area is 155 Å². The molecule has 0 N–H and O–H groups in total. The van der Waals surface area contributed by atoms with Crippen LogP contribution < -0.4 is 9.64 Å². The van der Waals surface area contributed by atoms with E-state index in [1.807, 2.05) is 0 Å². The summed E-state index contributed by atoms with van der Waals surface area (Å²) in [5.74, 6) is 2.40. The third-order valence-corrected chi connectivity index (χ3v) is 6.29. The molecule has 1 aliphatic carbocycles. The van der Waals surface area contributed by atoms with Crippen LogP contribution in [0.25, 0.3) is 0 Å². The Balaban J connectivity index is 1.50. The van der Waals surface area contributed by atoms with Crippen molar-refractivity contribution in [2.45, 2.75) is 37.6 Å².